The second-order valence-electron chi connectivity index (χ2n) is 5.72. The predicted octanol–water partition coefficient (Wildman–Crippen LogP) is 4.37. The second-order valence-corrected chi connectivity index (χ2v) is 7.01. The van der Waals surface area contributed by atoms with Crippen LogP contribution >= 0.6 is 27.5 Å². The van der Waals surface area contributed by atoms with E-state index in [-0.39, 0.29) is 5.91 Å². The number of piperazine rings is 1. The number of rotatable bonds is 2. The van der Waals surface area contributed by atoms with E-state index in [1.807, 2.05) is 17.0 Å². The van der Waals surface area contributed by atoms with Crippen LogP contribution in [-0.2, 0) is 0 Å². The van der Waals surface area contributed by atoms with Crippen LogP contribution in [0.4, 0.5) is 5.69 Å². The fraction of sp³-hybridized carbons (Fsp3) is 0.278. The van der Waals surface area contributed by atoms with Gasteiger partial charge >= 0.3 is 0 Å². The molecule has 0 bridgehead atoms. The second kappa shape index (κ2) is 6.93. The van der Waals surface area contributed by atoms with Gasteiger partial charge in [0.05, 0.1) is 0 Å². The molecule has 1 fully saturated rings. The lowest BCUT2D eigenvalue weighted by atomic mass is 10.1. The van der Waals surface area contributed by atoms with E-state index in [2.05, 4.69) is 46.0 Å². The quantitative estimate of drug-likeness (QED) is 0.756. The first kappa shape index (κ1) is 16.3. The molecular weight excluding hydrogens is 376 g/mol. The summed E-state index contributed by atoms with van der Waals surface area (Å²) < 4.78 is 1.12. The average molecular weight is 394 g/mol. The van der Waals surface area contributed by atoms with Crippen molar-refractivity contribution in [2.24, 2.45) is 0 Å². The Labute approximate surface area is 150 Å². The van der Waals surface area contributed by atoms with Crippen LogP contribution in [0.3, 0.4) is 0 Å². The monoisotopic (exact) mass is 392 g/mol. The molecule has 1 saturated heterocycles. The van der Waals surface area contributed by atoms with Crippen molar-refractivity contribution in [1.82, 2.24) is 4.90 Å². The summed E-state index contributed by atoms with van der Waals surface area (Å²) in [5.41, 5.74) is 3.07. The number of amides is 1. The van der Waals surface area contributed by atoms with Crippen LogP contribution in [-0.4, -0.2) is 37.0 Å². The van der Waals surface area contributed by atoms with Gasteiger partial charge in [-0.15, -0.1) is 0 Å². The van der Waals surface area contributed by atoms with Gasteiger partial charge in [-0.2, -0.15) is 0 Å². The Hall–Kier alpha value is -1.52. The Bertz CT molecular complexity index is 727. The highest BCUT2D eigenvalue weighted by Crippen LogP contribution is 2.25. The minimum atomic E-state index is 0.0530. The Morgan fingerprint density at radius 3 is 2.48 bits per heavy atom. The van der Waals surface area contributed by atoms with Crippen molar-refractivity contribution in [3.63, 3.8) is 0 Å². The minimum absolute atomic E-state index is 0.0530. The van der Waals surface area contributed by atoms with E-state index in [9.17, 15) is 4.79 Å². The first-order valence-electron chi connectivity index (χ1n) is 7.60. The van der Waals surface area contributed by atoms with Gasteiger partial charge < -0.3 is 9.80 Å². The van der Waals surface area contributed by atoms with Crippen LogP contribution in [0, 0.1) is 6.92 Å². The summed E-state index contributed by atoms with van der Waals surface area (Å²) in [6.45, 7) is 5.19. The van der Waals surface area contributed by atoms with Gasteiger partial charge in [0, 0.05) is 46.9 Å². The normalized spacial score (nSPS) is 14.9. The number of benzene rings is 2. The molecule has 0 atom stereocenters. The number of hydrogen-bond donors (Lipinski definition) is 0. The topological polar surface area (TPSA) is 23.6 Å². The molecule has 3 nitrogen and oxygen atoms in total. The Kier molecular flexibility index (Phi) is 4.93. The Balaban J connectivity index is 1.66. The number of nitrogens with zero attached hydrogens (tertiary/aromatic N) is 2. The van der Waals surface area contributed by atoms with Gasteiger partial charge in [-0.25, -0.2) is 0 Å². The molecule has 0 aromatic heterocycles. The van der Waals surface area contributed by atoms with Crippen molar-refractivity contribution in [3.05, 3.63) is 63.1 Å². The zero-order valence-electron chi connectivity index (χ0n) is 12.9. The number of carbonyl (C=O) groups excluding carboxylic acids is 1. The van der Waals surface area contributed by atoms with E-state index in [1.165, 1.54) is 11.3 Å². The average Bonchev–Trinajstić information content (AvgIpc) is 2.57. The van der Waals surface area contributed by atoms with Crippen molar-refractivity contribution >= 4 is 39.1 Å². The summed E-state index contributed by atoms with van der Waals surface area (Å²) in [6.07, 6.45) is 0. The van der Waals surface area contributed by atoms with Crippen LogP contribution < -0.4 is 4.90 Å². The molecule has 3 rings (SSSR count). The molecule has 0 radical (unpaired) electrons. The molecule has 1 aliphatic rings. The number of aryl methyl sites for hydroxylation is 1. The number of hydrogen-bond acceptors (Lipinski definition) is 2. The highest BCUT2D eigenvalue weighted by Gasteiger charge is 2.22. The summed E-state index contributed by atoms with van der Waals surface area (Å²) in [5, 5.41) is 0.596. The van der Waals surface area contributed by atoms with E-state index in [0.29, 0.717) is 10.6 Å². The number of carbonyl (C=O) groups is 1. The Morgan fingerprint density at radius 1 is 1.09 bits per heavy atom. The standard InChI is InChI=1S/C18H18BrClN2O/c1-13-5-6-16(12-17(13)19)21-7-9-22(10-8-21)18(23)14-3-2-4-15(20)11-14/h2-6,11-12H,7-10H2,1H3. The maximum absolute atomic E-state index is 12.5. The first-order valence-corrected chi connectivity index (χ1v) is 8.77. The van der Waals surface area contributed by atoms with E-state index in [0.717, 1.165) is 30.7 Å². The smallest absolute Gasteiger partial charge is 0.254 e. The van der Waals surface area contributed by atoms with Crippen molar-refractivity contribution in [2.75, 3.05) is 31.1 Å². The molecule has 2 aromatic rings. The predicted molar refractivity (Wildman–Crippen MR) is 98.4 cm³/mol. The molecule has 120 valence electrons. The van der Waals surface area contributed by atoms with Gasteiger partial charge in [-0.05, 0) is 42.8 Å². The van der Waals surface area contributed by atoms with Crippen molar-refractivity contribution < 1.29 is 4.79 Å². The van der Waals surface area contributed by atoms with Crippen LogP contribution in [0.2, 0.25) is 5.02 Å². The molecule has 23 heavy (non-hydrogen) atoms. The first-order chi connectivity index (χ1) is 11.0. The molecule has 0 saturated carbocycles. The van der Waals surface area contributed by atoms with Crippen LogP contribution in [0.15, 0.2) is 46.9 Å². The molecule has 2 aromatic carbocycles. The lowest BCUT2D eigenvalue weighted by molar-refractivity contribution is 0.0747. The summed E-state index contributed by atoms with van der Waals surface area (Å²) in [4.78, 5) is 16.7. The molecule has 1 amide bonds. The molecular formula is C18H18BrClN2O. The third-order valence-corrected chi connectivity index (χ3v) is 5.25. The van der Waals surface area contributed by atoms with Gasteiger partial charge in [0.1, 0.15) is 0 Å². The molecule has 0 unspecified atom stereocenters. The van der Waals surface area contributed by atoms with Gasteiger partial charge in [0.2, 0.25) is 0 Å². The van der Waals surface area contributed by atoms with Gasteiger partial charge in [0.25, 0.3) is 5.91 Å². The third kappa shape index (κ3) is 3.70. The van der Waals surface area contributed by atoms with E-state index >= 15 is 0 Å². The van der Waals surface area contributed by atoms with Gasteiger partial charge in [-0.1, -0.05) is 39.7 Å². The molecule has 0 aliphatic carbocycles. The molecule has 1 aliphatic heterocycles. The van der Waals surface area contributed by atoms with Gasteiger partial charge in [-0.3, -0.25) is 4.79 Å². The summed E-state index contributed by atoms with van der Waals surface area (Å²) >= 11 is 9.56. The van der Waals surface area contributed by atoms with E-state index in [4.69, 9.17) is 11.6 Å². The lowest BCUT2D eigenvalue weighted by Gasteiger charge is -2.36. The molecule has 0 N–H and O–H groups in total. The Morgan fingerprint density at radius 2 is 1.83 bits per heavy atom. The maximum atomic E-state index is 12.5. The summed E-state index contributed by atoms with van der Waals surface area (Å²) in [6, 6.07) is 13.5. The lowest BCUT2D eigenvalue weighted by Crippen LogP contribution is -2.48. The molecule has 0 spiro atoms. The van der Waals surface area contributed by atoms with Crippen molar-refractivity contribution in [3.8, 4) is 0 Å². The van der Waals surface area contributed by atoms with Crippen LogP contribution in [0.25, 0.3) is 0 Å². The highest BCUT2D eigenvalue weighted by molar-refractivity contribution is 9.10. The highest BCUT2D eigenvalue weighted by atomic mass is 79.9. The fourth-order valence-electron chi connectivity index (χ4n) is 2.75. The fourth-order valence-corrected chi connectivity index (χ4v) is 3.31. The van der Waals surface area contributed by atoms with Crippen LogP contribution in [0.5, 0.6) is 0 Å². The summed E-state index contributed by atoms with van der Waals surface area (Å²) in [5.74, 6) is 0.0530. The minimum Gasteiger partial charge on any atom is -0.368 e. The maximum Gasteiger partial charge on any atom is 0.254 e. The zero-order chi connectivity index (χ0) is 16.4. The number of halogens is 2. The van der Waals surface area contributed by atoms with Crippen molar-refractivity contribution in [1.29, 1.82) is 0 Å². The number of anilines is 1. The SMILES string of the molecule is Cc1ccc(N2CCN(C(=O)c3cccc(Cl)c3)CC2)cc1Br. The summed E-state index contributed by atoms with van der Waals surface area (Å²) in [7, 11) is 0. The molecule has 1 heterocycles. The van der Waals surface area contributed by atoms with Crippen LogP contribution in [0.1, 0.15) is 15.9 Å². The third-order valence-electron chi connectivity index (χ3n) is 4.16. The van der Waals surface area contributed by atoms with E-state index < -0.39 is 0 Å². The van der Waals surface area contributed by atoms with Crippen molar-refractivity contribution in [2.45, 2.75) is 6.92 Å². The molecule has 5 heteroatoms. The van der Waals surface area contributed by atoms with E-state index in [1.54, 1.807) is 12.1 Å². The van der Waals surface area contributed by atoms with Gasteiger partial charge in [0.15, 0.2) is 0 Å². The zero-order valence-corrected chi connectivity index (χ0v) is 15.3. The largest absolute Gasteiger partial charge is 0.368 e.